The third-order valence-corrected chi connectivity index (χ3v) is 3.29. The van der Waals surface area contributed by atoms with Crippen molar-refractivity contribution < 1.29 is 19.1 Å². The number of fused-ring (bicyclic) bond motifs is 1. The van der Waals surface area contributed by atoms with Gasteiger partial charge in [0.15, 0.2) is 0 Å². The van der Waals surface area contributed by atoms with Crippen LogP contribution in [0.25, 0.3) is 10.9 Å². The van der Waals surface area contributed by atoms with Crippen molar-refractivity contribution in [2.24, 2.45) is 0 Å². The normalized spacial score (nSPS) is 12.1. The standard InChI is InChI=1S/C14H13FN2O3S/c1-7-4-10(13(18)17-12(6-21)14(19)20)9-5-8(15)2-3-11(9)16-7/h2-5,12,21H,6H2,1H3,(H,17,18)(H,19,20). The number of aromatic nitrogens is 1. The number of carboxylic acid groups (broad SMARTS) is 1. The summed E-state index contributed by atoms with van der Waals surface area (Å²) >= 11 is 3.88. The zero-order valence-electron chi connectivity index (χ0n) is 11.1. The Bertz CT molecular complexity index is 721. The lowest BCUT2D eigenvalue weighted by Crippen LogP contribution is -2.42. The van der Waals surface area contributed by atoms with Crippen molar-refractivity contribution in [3.63, 3.8) is 0 Å². The number of rotatable bonds is 4. The molecule has 5 nitrogen and oxygen atoms in total. The average Bonchev–Trinajstić information content (AvgIpc) is 2.43. The molecule has 7 heteroatoms. The Morgan fingerprint density at radius 2 is 2.14 bits per heavy atom. The Labute approximate surface area is 125 Å². The van der Waals surface area contributed by atoms with E-state index < -0.39 is 23.7 Å². The summed E-state index contributed by atoms with van der Waals surface area (Å²) in [5.41, 5.74) is 1.24. The third kappa shape index (κ3) is 3.30. The van der Waals surface area contributed by atoms with Crippen LogP contribution in [0.3, 0.4) is 0 Å². The number of aryl methyl sites for hydroxylation is 1. The molecular weight excluding hydrogens is 295 g/mol. The van der Waals surface area contributed by atoms with Crippen LogP contribution in [-0.4, -0.2) is 33.8 Å². The van der Waals surface area contributed by atoms with E-state index in [2.05, 4.69) is 22.9 Å². The van der Waals surface area contributed by atoms with E-state index in [1.807, 2.05) is 0 Å². The first-order chi connectivity index (χ1) is 9.92. The number of halogens is 1. The van der Waals surface area contributed by atoms with Crippen LogP contribution in [0.5, 0.6) is 0 Å². The number of hydrogen-bond donors (Lipinski definition) is 3. The van der Waals surface area contributed by atoms with Gasteiger partial charge in [0.25, 0.3) is 5.91 Å². The maximum absolute atomic E-state index is 13.4. The molecule has 21 heavy (non-hydrogen) atoms. The van der Waals surface area contributed by atoms with E-state index in [0.717, 1.165) is 0 Å². The predicted molar refractivity (Wildman–Crippen MR) is 79.2 cm³/mol. The minimum Gasteiger partial charge on any atom is -0.480 e. The lowest BCUT2D eigenvalue weighted by Gasteiger charge is -2.13. The molecule has 0 aliphatic carbocycles. The van der Waals surface area contributed by atoms with Crippen LogP contribution in [0.4, 0.5) is 4.39 Å². The third-order valence-electron chi connectivity index (χ3n) is 2.93. The molecule has 1 aromatic carbocycles. The molecule has 0 bridgehead atoms. The lowest BCUT2D eigenvalue weighted by atomic mass is 10.1. The zero-order chi connectivity index (χ0) is 15.6. The number of carbonyl (C=O) groups is 2. The number of aliphatic carboxylic acids is 1. The van der Waals surface area contributed by atoms with Gasteiger partial charge in [0.05, 0.1) is 11.1 Å². The van der Waals surface area contributed by atoms with E-state index in [0.29, 0.717) is 16.6 Å². The molecule has 0 aliphatic heterocycles. The van der Waals surface area contributed by atoms with Crippen LogP contribution in [-0.2, 0) is 4.79 Å². The van der Waals surface area contributed by atoms with Crippen molar-refractivity contribution in [2.75, 3.05) is 5.75 Å². The molecule has 0 saturated carbocycles. The van der Waals surface area contributed by atoms with Gasteiger partial charge in [-0.25, -0.2) is 9.18 Å². The average molecular weight is 308 g/mol. The molecule has 2 N–H and O–H groups in total. The van der Waals surface area contributed by atoms with Crippen LogP contribution >= 0.6 is 12.6 Å². The fraction of sp³-hybridized carbons (Fsp3) is 0.214. The number of nitrogens with zero attached hydrogens (tertiary/aromatic N) is 1. The summed E-state index contributed by atoms with van der Waals surface area (Å²) in [7, 11) is 0. The molecular formula is C14H13FN2O3S. The Kier molecular flexibility index (Phi) is 4.42. The molecule has 1 heterocycles. The maximum atomic E-state index is 13.4. The first-order valence-corrected chi connectivity index (χ1v) is 6.77. The van der Waals surface area contributed by atoms with Crippen LogP contribution in [0.15, 0.2) is 24.3 Å². The van der Waals surface area contributed by atoms with Crippen molar-refractivity contribution in [3.8, 4) is 0 Å². The lowest BCUT2D eigenvalue weighted by molar-refractivity contribution is -0.138. The molecule has 1 unspecified atom stereocenters. The molecule has 0 fully saturated rings. The monoisotopic (exact) mass is 308 g/mol. The van der Waals surface area contributed by atoms with Gasteiger partial charge in [-0.15, -0.1) is 0 Å². The van der Waals surface area contributed by atoms with E-state index in [-0.39, 0.29) is 11.3 Å². The van der Waals surface area contributed by atoms with Gasteiger partial charge in [-0.1, -0.05) is 0 Å². The fourth-order valence-corrected chi connectivity index (χ4v) is 2.19. The minimum atomic E-state index is -1.18. The SMILES string of the molecule is Cc1cc(C(=O)NC(CS)C(=O)O)c2cc(F)ccc2n1. The fourth-order valence-electron chi connectivity index (χ4n) is 1.94. The van der Waals surface area contributed by atoms with Gasteiger partial charge < -0.3 is 10.4 Å². The molecule has 1 aromatic heterocycles. The van der Waals surface area contributed by atoms with Crippen molar-refractivity contribution >= 4 is 35.4 Å². The number of hydrogen-bond acceptors (Lipinski definition) is 4. The molecule has 0 spiro atoms. The van der Waals surface area contributed by atoms with Crippen molar-refractivity contribution in [1.82, 2.24) is 10.3 Å². The van der Waals surface area contributed by atoms with E-state index in [1.165, 1.54) is 24.3 Å². The smallest absolute Gasteiger partial charge is 0.327 e. The second kappa shape index (κ2) is 6.09. The Morgan fingerprint density at radius 3 is 2.76 bits per heavy atom. The molecule has 0 aliphatic rings. The second-order valence-electron chi connectivity index (χ2n) is 4.52. The van der Waals surface area contributed by atoms with Gasteiger partial charge in [-0.2, -0.15) is 12.6 Å². The summed E-state index contributed by atoms with van der Waals surface area (Å²) < 4.78 is 13.4. The number of amides is 1. The number of carbonyl (C=O) groups excluding carboxylic acids is 1. The number of nitrogens with one attached hydrogen (secondary N) is 1. The summed E-state index contributed by atoms with van der Waals surface area (Å²) in [6.45, 7) is 1.70. The first kappa shape index (κ1) is 15.2. The second-order valence-corrected chi connectivity index (χ2v) is 4.88. The summed E-state index contributed by atoms with van der Waals surface area (Å²) in [6.07, 6.45) is 0. The molecule has 1 amide bonds. The van der Waals surface area contributed by atoms with E-state index >= 15 is 0 Å². The van der Waals surface area contributed by atoms with Crippen LogP contribution in [0.1, 0.15) is 16.1 Å². The highest BCUT2D eigenvalue weighted by molar-refractivity contribution is 7.80. The van der Waals surface area contributed by atoms with Crippen molar-refractivity contribution in [3.05, 3.63) is 41.3 Å². The minimum absolute atomic E-state index is 0.0442. The highest BCUT2D eigenvalue weighted by Crippen LogP contribution is 2.20. The molecule has 0 radical (unpaired) electrons. The molecule has 110 valence electrons. The number of thiol groups is 1. The molecule has 2 aromatic rings. The Hall–Kier alpha value is -2.15. The van der Waals surface area contributed by atoms with Gasteiger partial charge in [0.2, 0.25) is 0 Å². The highest BCUT2D eigenvalue weighted by Gasteiger charge is 2.20. The van der Waals surface area contributed by atoms with Crippen molar-refractivity contribution in [1.29, 1.82) is 0 Å². The molecule has 2 rings (SSSR count). The van der Waals surface area contributed by atoms with Gasteiger partial charge in [-0.3, -0.25) is 9.78 Å². The van der Waals surface area contributed by atoms with Gasteiger partial charge in [0.1, 0.15) is 11.9 Å². The van der Waals surface area contributed by atoms with Gasteiger partial charge >= 0.3 is 5.97 Å². The van der Waals surface area contributed by atoms with E-state index in [1.54, 1.807) is 6.92 Å². The number of benzene rings is 1. The number of carboxylic acids is 1. The quantitative estimate of drug-likeness (QED) is 0.753. The summed E-state index contributed by atoms with van der Waals surface area (Å²) in [5, 5.41) is 11.6. The summed E-state index contributed by atoms with van der Waals surface area (Å²) in [5.74, 6) is -2.32. The van der Waals surface area contributed by atoms with Gasteiger partial charge in [-0.05, 0) is 31.2 Å². The van der Waals surface area contributed by atoms with Gasteiger partial charge in [0, 0.05) is 16.8 Å². The maximum Gasteiger partial charge on any atom is 0.327 e. The number of pyridine rings is 1. The van der Waals surface area contributed by atoms with Crippen LogP contribution in [0, 0.1) is 12.7 Å². The highest BCUT2D eigenvalue weighted by atomic mass is 32.1. The topological polar surface area (TPSA) is 79.3 Å². The largest absolute Gasteiger partial charge is 0.480 e. The predicted octanol–water partition coefficient (Wildman–Crippen LogP) is 1.80. The summed E-state index contributed by atoms with van der Waals surface area (Å²) in [6, 6.07) is 4.31. The molecule has 1 atom stereocenters. The van der Waals surface area contributed by atoms with Crippen LogP contribution in [0.2, 0.25) is 0 Å². The summed E-state index contributed by atoms with van der Waals surface area (Å²) in [4.78, 5) is 27.4. The van der Waals surface area contributed by atoms with Crippen molar-refractivity contribution in [2.45, 2.75) is 13.0 Å². The first-order valence-electron chi connectivity index (χ1n) is 6.14. The van der Waals surface area contributed by atoms with E-state index in [4.69, 9.17) is 5.11 Å². The van der Waals surface area contributed by atoms with E-state index in [9.17, 15) is 14.0 Å². The Morgan fingerprint density at radius 1 is 1.43 bits per heavy atom. The molecule has 0 saturated heterocycles. The Balaban J connectivity index is 2.47. The van der Waals surface area contributed by atoms with Crippen LogP contribution < -0.4 is 5.32 Å². The zero-order valence-corrected chi connectivity index (χ0v) is 12.0.